The zero-order chi connectivity index (χ0) is 18.8. The van der Waals surface area contributed by atoms with Crippen molar-refractivity contribution >= 4 is 35.4 Å². The lowest BCUT2D eigenvalue weighted by Gasteiger charge is -2.08. The normalized spacial score (nSPS) is 10.8. The molecule has 0 aromatic heterocycles. The molecule has 0 aliphatic heterocycles. The van der Waals surface area contributed by atoms with Crippen LogP contribution in [0.4, 0.5) is 5.69 Å². The fourth-order valence-electron chi connectivity index (χ4n) is 2.68. The van der Waals surface area contributed by atoms with Gasteiger partial charge in [-0.1, -0.05) is 62.2 Å². The average Bonchev–Trinajstić information content (AvgIpc) is 2.62. The average molecular weight is 368 g/mol. The SMILES string of the molecule is CCCCCc1ccc(C=CC(=O)Nc2ccccc2CC(=O)S)cc1. The Hall–Kier alpha value is -2.33. The molecular weight excluding hydrogens is 342 g/mol. The number of carbonyl (C=O) groups excluding carboxylic acids is 2. The van der Waals surface area contributed by atoms with Crippen molar-refractivity contribution in [3.05, 3.63) is 71.3 Å². The Morgan fingerprint density at radius 2 is 1.77 bits per heavy atom. The Kier molecular flexibility index (Phi) is 8.16. The first-order chi connectivity index (χ1) is 12.6. The molecule has 0 radical (unpaired) electrons. The van der Waals surface area contributed by atoms with E-state index < -0.39 is 0 Å². The van der Waals surface area contributed by atoms with E-state index >= 15 is 0 Å². The molecule has 2 rings (SSSR count). The van der Waals surface area contributed by atoms with Crippen LogP contribution in [0.3, 0.4) is 0 Å². The van der Waals surface area contributed by atoms with Gasteiger partial charge in [0, 0.05) is 18.2 Å². The zero-order valence-electron chi connectivity index (χ0n) is 15.1. The fraction of sp³-hybridized carbons (Fsp3) is 0.273. The summed E-state index contributed by atoms with van der Waals surface area (Å²) in [7, 11) is 0. The number of carbonyl (C=O) groups is 2. The van der Waals surface area contributed by atoms with Gasteiger partial charge in [0.15, 0.2) is 5.12 Å². The van der Waals surface area contributed by atoms with E-state index in [1.54, 1.807) is 12.1 Å². The van der Waals surface area contributed by atoms with Gasteiger partial charge in [-0.2, -0.15) is 0 Å². The van der Waals surface area contributed by atoms with Crippen molar-refractivity contribution in [2.45, 2.75) is 39.0 Å². The molecule has 3 nitrogen and oxygen atoms in total. The second-order valence-corrected chi connectivity index (χ2v) is 6.75. The Balaban J connectivity index is 1.94. The highest BCUT2D eigenvalue weighted by Gasteiger charge is 2.06. The van der Waals surface area contributed by atoms with Crippen molar-refractivity contribution in [3.8, 4) is 0 Å². The van der Waals surface area contributed by atoms with Crippen LogP contribution in [0.5, 0.6) is 0 Å². The molecule has 0 atom stereocenters. The van der Waals surface area contributed by atoms with E-state index in [4.69, 9.17) is 0 Å². The van der Waals surface area contributed by atoms with Crippen LogP contribution in [0, 0.1) is 0 Å². The number of rotatable bonds is 9. The number of nitrogens with one attached hydrogen (secondary N) is 1. The largest absolute Gasteiger partial charge is 0.322 e. The van der Waals surface area contributed by atoms with Crippen LogP contribution in [0.25, 0.3) is 6.08 Å². The molecule has 4 heteroatoms. The van der Waals surface area contributed by atoms with Gasteiger partial charge in [-0.3, -0.25) is 9.59 Å². The minimum Gasteiger partial charge on any atom is -0.322 e. The number of para-hydroxylation sites is 1. The summed E-state index contributed by atoms with van der Waals surface area (Å²) in [5, 5.41) is 2.59. The van der Waals surface area contributed by atoms with Gasteiger partial charge in [-0.15, -0.1) is 12.6 Å². The topological polar surface area (TPSA) is 46.2 Å². The van der Waals surface area contributed by atoms with Crippen molar-refractivity contribution in [2.75, 3.05) is 5.32 Å². The number of aryl methyl sites for hydroxylation is 1. The van der Waals surface area contributed by atoms with E-state index in [1.807, 2.05) is 30.3 Å². The molecule has 0 aliphatic rings. The lowest BCUT2D eigenvalue weighted by molar-refractivity contribution is -0.112. The molecule has 0 saturated carbocycles. The van der Waals surface area contributed by atoms with Crippen molar-refractivity contribution < 1.29 is 9.59 Å². The Labute approximate surface area is 160 Å². The third-order valence-corrected chi connectivity index (χ3v) is 4.25. The summed E-state index contributed by atoms with van der Waals surface area (Å²) in [5.74, 6) is -0.226. The van der Waals surface area contributed by atoms with E-state index in [2.05, 4.69) is 37.0 Å². The molecule has 2 aromatic carbocycles. The van der Waals surface area contributed by atoms with Gasteiger partial charge < -0.3 is 5.32 Å². The summed E-state index contributed by atoms with van der Waals surface area (Å²) in [5.41, 5.74) is 3.70. The van der Waals surface area contributed by atoms with E-state index in [0.717, 1.165) is 17.5 Å². The third kappa shape index (κ3) is 6.89. The van der Waals surface area contributed by atoms with Gasteiger partial charge in [0.05, 0.1) is 0 Å². The van der Waals surface area contributed by atoms with Crippen molar-refractivity contribution in [3.63, 3.8) is 0 Å². The van der Waals surface area contributed by atoms with Crippen LogP contribution in [0.2, 0.25) is 0 Å². The van der Waals surface area contributed by atoms with Crippen LogP contribution in [0.15, 0.2) is 54.6 Å². The molecule has 0 spiro atoms. The maximum absolute atomic E-state index is 12.2. The summed E-state index contributed by atoms with van der Waals surface area (Å²) >= 11 is 3.81. The predicted molar refractivity (Wildman–Crippen MR) is 111 cm³/mol. The molecule has 0 aliphatic carbocycles. The number of hydrogen-bond donors (Lipinski definition) is 2. The van der Waals surface area contributed by atoms with Crippen LogP contribution in [-0.4, -0.2) is 11.0 Å². The Bertz CT molecular complexity index is 766. The van der Waals surface area contributed by atoms with Gasteiger partial charge in [0.1, 0.15) is 0 Å². The van der Waals surface area contributed by atoms with Crippen molar-refractivity contribution in [1.82, 2.24) is 0 Å². The van der Waals surface area contributed by atoms with Gasteiger partial charge in [0.25, 0.3) is 0 Å². The van der Waals surface area contributed by atoms with Crippen LogP contribution in [-0.2, 0) is 22.4 Å². The predicted octanol–water partition coefficient (Wildman–Crippen LogP) is 5.07. The second-order valence-electron chi connectivity index (χ2n) is 6.25. The van der Waals surface area contributed by atoms with Gasteiger partial charge >= 0.3 is 0 Å². The first-order valence-corrected chi connectivity index (χ1v) is 9.41. The lowest BCUT2D eigenvalue weighted by atomic mass is 10.1. The highest BCUT2D eigenvalue weighted by Crippen LogP contribution is 2.17. The fourth-order valence-corrected chi connectivity index (χ4v) is 2.85. The highest BCUT2D eigenvalue weighted by atomic mass is 32.1. The Morgan fingerprint density at radius 3 is 2.46 bits per heavy atom. The van der Waals surface area contributed by atoms with Crippen LogP contribution < -0.4 is 5.32 Å². The van der Waals surface area contributed by atoms with E-state index in [9.17, 15) is 9.59 Å². The molecular formula is C22H25NO2S. The first kappa shape index (κ1) is 20.0. The first-order valence-electron chi connectivity index (χ1n) is 8.96. The standard InChI is InChI=1S/C22H25NO2S/c1-2-3-4-7-17-10-12-18(13-11-17)14-15-21(24)23-20-9-6-5-8-19(20)16-22(25)26/h5-6,8-15H,2-4,7,16H2,1H3,(H,23,24)(H,25,26). The molecule has 1 amide bonds. The molecule has 1 N–H and O–H groups in total. The smallest absolute Gasteiger partial charge is 0.248 e. The van der Waals surface area contributed by atoms with Gasteiger partial charge in [-0.05, 0) is 41.7 Å². The quantitative estimate of drug-likeness (QED) is 0.369. The molecule has 0 unspecified atom stereocenters. The van der Waals surface area contributed by atoms with Crippen LogP contribution in [0.1, 0.15) is 42.9 Å². The lowest BCUT2D eigenvalue weighted by Crippen LogP contribution is -2.10. The van der Waals surface area contributed by atoms with E-state index in [-0.39, 0.29) is 17.4 Å². The maximum atomic E-state index is 12.2. The van der Waals surface area contributed by atoms with Crippen LogP contribution >= 0.6 is 12.6 Å². The van der Waals surface area contributed by atoms with Gasteiger partial charge in [-0.25, -0.2) is 0 Å². The third-order valence-electron chi connectivity index (χ3n) is 4.09. The maximum Gasteiger partial charge on any atom is 0.248 e. The molecule has 2 aromatic rings. The van der Waals surface area contributed by atoms with E-state index in [0.29, 0.717) is 5.69 Å². The Morgan fingerprint density at radius 1 is 1.04 bits per heavy atom. The minimum atomic E-state index is -0.235. The number of hydrogen-bond acceptors (Lipinski definition) is 2. The number of benzene rings is 2. The number of anilines is 1. The molecule has 0 heterocycles. The number of thiol groups is 1. The summed E-state index contributed by atoms with van der Waals surface area (Å²) in [6.45, 7) is 2.20. The number of amides is 1. The summed E-state index contributed by atoms with van der Waals surface area (Å²) in [6, 6.07) is 15.5. The monoisotopic (exact) mass is 367 g/mol. The summed E-state index contributed by atoms with van der Waals surface area (Å²) in [6.07, 6.45) is 8.26. The molecule has 26 heavy (non-hydrogen) atoms. The van der Waals surface area contributed by atoms with Gasteiger partial charge in [0.2, 0.25) is 5.91 Å². The van der Waals surface area contributed by atoms with Crippen molar-refractivity contribution in [2.24, 2.45) is 0 Å². The summed E-state index contributed by atoms with van der Waals surface area (Å²) in [4.78, 5) is 23.4. The summed E-state index contributed by atoms with van der Waals surface area (Å²) < 4.78 is 0. The highest BCUT2D eigenvalue weighted by molar-refractivity contribution is 7.96. The molecule has 0 bridgehead atoms. The second kappa shape index (κ2) is 10.6. The molecule has 136 valence electrons. The van der Waals surface area contributed by atoms with Crippen molar-refractivity contribution in [1.29, 1.82) is 0 Å². The zero-order valence-corrected chi connectivity index (χ0v) is 16.0. The number of unbranched alkanes of at least 4 members (excludes halogenated alkanes) is 2. The molecule has 0 fully saturated rings. The molecule has 0 saturated heterocycles. The van der Waals surface area contributed by atoms with E-state index in [1.165, 1.54) is 30.9 Å². The minimum absolute atomic E-state index is 0.183.